The van der Waals surface area contributed by atoms with Gasteiger partial charge in [-0.1, -0.05) is 19.9 Å². The van der Waals surface area contributed by atoms with Crippen LogP contribution < -0.4 is 10.9 Å². The van der Waals surface area contributed by atoms with Crippen LogP contribution in [0.2, 0.25) is 0 Å². The van der Waals surface area contributed by atoms with Crippen molar-refractivity contribution in [3.05, 3.63) is 46.1 Å². The summed E-state index contributed by atoms with van der Waals surface area (Å²) < 4.78 is 15.0. The quantitative estimate of drug-likeness (QED) is 0.921. The number of aromatic nitrogens is 1. The van der Waals surface area contributed by atoms with Crippen molar-refractivity contribution < 1.29 is 9.18 Å². The Kier molecular flexibility index (Phi) is 4.20. The summed E-state index contributed by atoms with van der Waals surface area (Å²) in [5.41, 5.74) is 0.0604. The minimum absolute atomic E-state index is 0.222. The van der Waals surface area contributed by atoms with E-state index in [0.717, 1.165) is 19.3 Å². The monoisotopic (exact) mass is 316 g/mol. The average Bonchev–Trinajstić information content (AvgIpc) is 3.30. The van der Waals surface area contributed by atoms with Crippen molar-refractivity contribution in [1.82, 2.24) is 9.88 Å². The number of amides is 1. The molecular formula is C18H21FN2O2. The molecule has 1 N–H and O–H groups in total. The molecule has 0 spiro atoms. The molecule has 1 saturated carbocycles. The highest BCUT2D eigenvalue weighted by molar-refractivity contribution is 5.97. The largest absolute Gasteiger partial charge is 0.348 e. The van der Waals surface area contributed by atoms with E-state index in [1.165, 1.54) is 16.7 Å². The Morgan fingerprint density at radius 2 is 2.09 bits per heavy atom. The Morgan fingerprint density at radius 1 is 1.35 bits per heavy atom. The van der Waals surface area contributed by atoms with E-state index in [-0.39, 0.29) is 17.5 Å². The van der Waals surface area contributed by atoms with Crippen LogP contribution in [-0.2, 0) is 6.54 Å². The van der Waals surface area contributed by atoms with Gasteiger partial charge in [0.25, 0.3) is 11.5 Å². The molecule has 3 rings (SSSR count). The molecule has 2 aromatic rings. The number of benzene rings is 1. The third kappa shape index (κ3) is 3.44. The minimum atomic E-state index is -0.444. The van der Waals surface area contributed by atoms with Crippen LogP contribution >= 0.6 is 0 Å². The van der Waals surface area contributed by atoms with Gasteiger partial charge in [0.2, 0.25) is 0 Å². The third-order valence-corrected chi connectivity index (χ3v) is 4.15. The molecule has 122 valence electrons. The topological polar surface area (TPSA) is 51.1 Å². The van der Waals surface area contributed by atoms with E-state index in [2.05, 4.69) is 19.2 Å². The Labute approximate surface area is 134 Å². The van der Waals surface area contributed by atoms with Crippen molar-refractivity contribution in [1.29, 1.82) is 0 Å². The summed E-state index contributed by atoms with van der Waals surface area (Å²) in [4.78, 5) is 25.2. The zero-order chi connectivity index (χ0) is 16.6. The van der Waals surface area contributed by atoms with Gasteiger partial charge in [0.05, 0.1) is 5.39 Å². The molecular weight excluding hydrogens is 295 g/mol. The summed E-state index contributed by atoms with van der Waals surface area (Å²) in [6.45, 7) is 4.59. The molecule has 0 unspecified atom stereocenters. The lowest BCUT2D eigenvalue weighted by Crippen LogP contribution is -2.33. The van der Waals surface area contributed by atoms with Crippen LogP contribution in [0.1, 0.15) is 43.6 Å². The van der Waals surface area contributed by atoms with E-state index < -0.39 is 5.82 Å². The zero-order valence-electron chi connectivity index (χ0n) is 13.4. The van der Waals surface area contributed by atoms with Gasteiger partial charge in [-0.15, -0.1) is 0 Å². The maximum atomic E-state index is 13.5. The Balaban J connectivity index is 2.10. The molecule has 1 aromatic carbocycles. The number of carbonyl (C=O) groups is 1. The van der Waals surface area contributed by atoms with Crippen LogP contribution in [0, 0.1) is 11.7 Å². The first kappa shape index (κ1) is 15.7. The average molecular weight is 316 g/mol. The molecule has 4 nitrogen and oxygen atoms in total. The van der Waals surface area contributed by atoms with Gasteiger partial charge >= 0.3 is 0 Å². The Morgan fingerprint density at radius 3 is 2.74 bits per heavy atom. The molecule has 23 heavy (non-hydrogen) atoms. The highest BCUT2D eigenvalue weighted by atomic mass is 19.1. The number of hydrogen-bond acceptors (Lipinski definition) is 2. The number of nitrogens with zero attached hydrogens (tertiary/aromatic N) is 1. The highest BCUT2D eigenvalue weighted by Gasteiger charge is 2.25. The number of carbonyl (C=O) groups excluding carboxylic acids is 1. The first-order valence-electron chi connectivity index (χ1n) is 8.09. The first-order chi connectivity index (χ1) is 11.0. The van der Waals surface area contributed by atoms with Gasteiger partial charge in [-0.3, -0.25) is 9.59 Å². The van der Waals surface area contributed by atoms with Crippen LogP contribution in [-0.4, -0.2) is 16.5 Å². The standard InChI is InChI=1S/C18H21FN2O2/c1-11(2)7-8-21-16(17(22)20-14-5-6-14)9-12-3-4-13(19)10-15(12)18(21)23/h3-4,9-11,14H,5-8H2,1-2H3,(H,20,22). The van der Waals surface area contributed by atoms with Crippen LogP contribution in [0.5, 0.6) is 0 Å². The van der Waals surface area contributed by atoms with Crippen LogP contribution in [0.3, 0.4) is 0 Å². The molecule has 5 heteroatoms. The van der Waals surface area contributed by atoms with Gasteiger partial charge in [-0.2, -0.15) is 0 Å². The second-order valence-electron chi connectivity index (χ2n) is 6.65. The van der Waals surface area contributed by atoms with Crippen molar-refractivity contribution in [3.8, 4) is 0 Å². The van der Waals surface area contributed by atoms with Crippen molar-refractivity contribution >= 4 is 16.7 Å². The Hall–Kier alpha value is -2.17. The van der Waals surface area contributed by atoms with Crippen LogP contribution in [0.15, 0.2) is 29.1 Å². The van der Waals surface area contributed by atoms with Gasteiger partial charge in [-0.05, 0) is 48.8 Å². The lowest BCUT2D eigenvalue weighted by molar-refractivity contribution is 0.0940. The molecule has 0 bridgehead atoms. The summed E-state index contributed by atoms with van der Waals surface area (Å²) >= 11 is 0. The lowest BCUT2D eigenvalue weighted by atomic mass is 10.1. The van der Waals surface area contributed by atoms with Crippen molar-refractivity contribution in [2.24, 2.45) is 5.92 Å². The predicted molar refractivity (Wildman–Crippen MR) is 88.1 cm³/mol. The SMILES string of the molecule is CC(C)CCn1c(C(=O)NC2CC2)cc2ccc(F)cc2c1=O. The number of rotatable bonds is 5. The van der Waals surface area contributed by atoms with Gasteiger partial charge < -0.3 is 9.88 Å². The second-order valence-corrected chi connectivity index (χ2v) is 6.65. The fraction of sp³-hybridized carbons (Fsp3) is 0.444. The van der Waals surface area contributed by atoms with Crippen LogP contribution in [0.25, 0.3) is 10.8 Å². The smallest absolute Gasteiger partial charge is 0.268 e. The summed E-state index contributed by atoms with van der Waals surface area (Å²) in [6.07, 6.45) is 2.76. The van der Waals surface area contributed by atoms with Crippen molar-refractivity contribution in [3.63, 3.8) is 0 Å². The molecule has 0 aliphatic heterocycles. The van der Waals surface area contributed by atoms with E-state index in [4.69, 9.17) is 0 Å². The maximum absolute atomic E-state index is 13.5. The highest BCUT2D eigenvalue weighted by Crippen LogP contribution is 2.20. The summed E-state index contributed by atoms with van der Waals surface area (Å²) in [7, 11) is 0. The molecule has 1 fully saturated rings. The molecule has 0 atom stereocenters. The van der Waals surface area contributed by atoms with E-state index >= 15 is 0 Å². The van der Waals surface area contributed by atoms with E-state index in [1.54, 1.807) is 12.1 Å². The minimum Gasteiger partial charge on any atom is -0.348 e. The van der Waals surface area contributed by atoms with E-state index in [9.17, 15) is 14.0 Å². The molecule has 1 heterocycles. The third-order valence-electron chi connectivity index (χ3n) is 4.15. The molecule has 0 radical (unpaired) electrons. The van der Waals surface area contributed by atoms with E-state index in [1.807, 2.05) is 0 Å². The lowest BCUT2D eigenvalue weighted by Gasteiger charge is -2.15. The van der Waals surface area contributed by atoms with Crippen molar-refractivity contribution in [2.75, 3.05) is 0 Å². The molecule has 1 aromatic heterocycles. The number of hydrogen-bond donors (Lipinski definition) is 1. The van der Waals surface area contributed by atoms with Gasteiger partial charge in [-0.25, -0.2) is 4.39 Å². The fourth-order valence-corrected chi connectivity index (χ4v) is 2.60. The first-order valence-corrected chi connectivity index (χ1v) is 8.09. The number of nitrogens with one attached hydrogen (secondary N) is 1. The summed E-state index contributed by atoms with van der Waals surface area (Å²) in [5.74, 6) is -0.260. The van der Waals surface area contributed by atoms with Crippen molar-refractivity contribution in [2.45, 2.75) is 45.7 Å². The molecule has 1 amide bonds. The zero-order valence-corrected chi connectivity index (χ0v) is 13.4. The summed E-state index contributed by atoms with van der Waals surface area (Å²) in [6, 6.07) is 6.01. The van der Waals surface area contributed by atoms with Gasteiger partial charge in [0.15, 0.2) is 0 Å². The summed E-state index contributed by atoms with van der Waals surface area (Å²) in [5, 5.41) is 3.84. The molecule has 1 aliphatic rings. The molecule has 1 aliphatic carbocycles. The van der Waals surface area contributed by atoms with Crippen LogP contribution in [0.4, 0.5) is 4.39 Å². The predicted octanol–water partition coefficient (Wildman–Crippen LogP) is 3.08. The van der Waals surface area contributed by atoms with E-state index in [0.29, 0.717) is 28.9 Å². The molecule has 0 saturated heterocycles. The number of halogens is 1. The maximum Gasteiger partial charge on any atom is 0.268 e. The normalized spacial score (nSPS) is 14.4. The van der Waals surface area contributed by atoms with Gasteiger partial charge in [0.1, 0.15) is 11.5 Å². The number of pyridine rings is 1. The Bertz CT molecular complexity index is 807. The number of fused-ring (bicyclic) bond motifs is 1. The fourth-order valence-electron chi connectivity index (χ4n) is 2.60. The second kappa shape index (κ2) is 6.14. The van der Waals surface area contributed by atoms with Gasteiger partial charge in [0, 0.05) is 12.6 Å².